The van der Waals surface area contributed by atoms with E-state index in [4.69, 9.17) is 0 Å². The van der Waals surface area contributed by atoms with Crippen LogP contribution >= 0.6 is 15.9 Å². The number of hydrogen-bond donors (Lipinski definition) is 2. The van der Waals surface area contributed by atoms with Crippen LogP contribution in [0, 0.1) is 5.82 Å². The fourth-order valence-electron chi connectivity index (χ4n) is 1.48. The second kappa shape index (κ2) is 6.29. The molecule has 0 saturated carbocycles. The van der Waals surface area contributed by atoms with Crippen LogP contribution in [0.15, 0.2) is 52.0 Å². The number of nitrogens with one attached hydrogen (secondary N) is 1. The highest BCUT2D eigenvalue weighted by molar-refractivity contribution is 9.10. The Hall–Kier alpha value is -2.21. The summed E-state index contributed by atoms with van der Waals surface area (Å²) in [6, 6.07) is 10.5. The first-order valence-electron chi connectivity index (χ1n) is 5.64. The molecule has 2 rings (SSSR count). The largest absolute Gasteiger partial charge is 0.507 e. The third kappa shape index (κ3) is 3.42. The molecule has 2 aromatic carbocycles. The highest BCUT2D eigenvalue weighted by Crippen LogP contribution is 2.16. The summed E-state index contributed by atoms with van der Waals surface area (Å²) in [7, 11) is 0. The van der Waals surface area contributed by atoms with Crippen LogP contribution in [0.4, 0.5) is 4.39 Å². The normalized spacial score (nSPS) is 10.7. The van der Waals surface area contributed by atoms with Crippen LogP contribution in [0.5, 0.6) is 5.75 Å². The Morgan fingerprint density at radius 1 is 1.30 bits per heavy atom. The Kier molecular flexibility index (Phi) is 4.47. The first-order valence-corrected chi connectivity index (χ1v) is 6.43. The molecule has 0 atom stereocenters. The van der Waals surface area contributed by atoms with Gasteiger partial charge in [0.25, 0.3) is 5.91 Å². The molecule has 0 bridgehead atoms. The van der Waals surface area contributed by atoms with Crippen molar-refractivity contribution in [2.45, 2.75) is 0 Å². The van der Waals surface area contributed by atoms with Crippen LogP contribution < -0.4 is 5.43 Å². The minimum absolute atomic E-state index is 0.121. The third-order valence-electron chi connectivity index (χ3n) is 2.47. The zero-order chi connectivity index (χ0) is 14.5. The number of aromatic hydroxyl groups is 1. The fraction of sp³-hybridized carbons (Fsp3) is 0. The zero-order valence-electron chi connectivity index (χ0n) is 10.2. The van der Waals surface area contributed by atoms with Crippen molar-refractivity contribution in [2.75, 3.05) is 0 Å². The average Bonchev–Trinajstić information content (AvgIpc) is 2.43. The van der Waals surface area contributed by atoms with Crippen molar-refractivity contribution in [3.8, 4) is 5.75 Å². The Morgan fingerprint density at radius 3 is 2.75 bits per heavy atom. The minimum atomic E-state index is -0.527. The van der Waals surface area contributed by atoms with Gasteiger partial charge in [-0.3, -0.25) is 4.79 Å². The molecule has 0 aliphatic carbocycles. The number of carbonyl (C=O) groups is 1. The van der Waals surface area contributed by atoms with Gasteiger partial charge in [-0.15, -0.1) is 0 Å². The Morgan fingerprint density at radius 2 is 2.05 bits per heavy atom. The molecule has 102 valence electrons. The van der Waals surface area contributed by atoms with E-state index in [1.54, 1.807) is 12.1 Å². The van der Waals surface area contributed by atoms with Gasteiger partial charge in [-0.25, -0.2) is 9.82 Å². The van der Waals surface area contributed by atoms with Gasteiger partial charge in [-0.2, -0.15) is 5.10 Å². The summed E-state index contributed by atoms with van der Waals surface area (Å²) in [4.78, 5) is 11.7. The van der Waals surface area contributed by atoms with Crippen LogP contribution in [0.3, 0.4) is 0 Å². The van der Waals surface area contributed by atoms with E-state index in [9.17, 15) is 14.3 Å². The van der Waals surface area contributed by atoms with Crippen LogP contribution in [-0.4, -0.2) is 17.2 Å². The van der Waals surface area contributed by atoms with E-state index in [-0.39, 0.29) is 17.1 Å². The van der Waals surface area contributed by atoms with Gasteiger partial charge in [0.1, 0.15) is 11.6 Å². The summed E-state index contributed by atoms with van der Waals surface area (Å²) in [5.74, 6) is -1.02. The van der Waals surface area contributed by atoms with E-state index in [2.05, 4.69) is 26.5 Å². The predicted molar refractivity (Wildman–Crippen MR) is 77.3 cm³/mol. The number of halogens is 2. The summed E-state index contributed by atoms with van der Waals surface area (Å²) in [6.45, 7) is 0. The number of nitrogens with zero attached hydrogens (tertiary/aromatic N) is 1. The summed E-state index contributed by atoms with van der Waals surface area (Å²) in [6.07, 6.45) is 1.38. The van der Waals surface area contributed by atoms with Gasteiger partial charge in [-0.05, 0) is 45.8 Å². The van der Waals surface area contributed by atoms with Gasteiger partial charge >= 0.3 is 0 Å². The molecule has 0 spiro atoms. The number of para-hydroxylation sites is 1. The lowest BCUT2D eigenvalue weighted by Crippen LogP contribution is -2.17. The van der Waals surface area contributed by atoms with Gasteiger partial charge in [0.2, 0.25) is 0 Å². The molecule has 0 saturated heterocycles. The van der Waals surface area contributed by atoms with Crippen molar-refractivity contribution >= 4 is 28.1 Å². The summed E-state index contributed by atoms with van der Waals surface area (Å²) < 4.78 is 13.3. The lowest BCUT2D eigenvalue weighted by Gasteiger charge is -2.02. The SMILES string of the molecule is O=C(NN=Cc1ccc(F)c(Br)c1)c1ccccc1O. The highest BCUT2D eigenvalue weighted by Gasteiger charge is 2.08. The molecule has 6 heteroatoms. The monoisotopic (exact) mass is 336 g/mol. The average molecular weight is 337 g/mol. The molecule has 0 unspecified atom stereocenters. The van der Waals surface area contributed by atoms with E-state index < -0.39 is 5.91 Å². The summed E-state index contributed by atoms with van der Waals surface area (Å²) in [5, 5.41) is 13.3. The molecule has 0 radical (unpaired) electrons. The smallest absolute Gasteiger partial charge is 0.275 e. The van der Waals surface area contributed by atoms with E-state index in [1.165, 1.54) is 36.5 Å². The van der Waals surface area contributed by atoms with Crippen molar-refractivity contribution in [3.05, 3.63) is 63.9 Å². The maximum absolute atomic E-state index is 13.0. The van der Waals surface area contributed by atoms with E-state index in [1.807, 2.05) is 0 Å². The molecule has 4 nitrogen and oxygen atoms in total. The third-order valence-corrected chi connectivity index (χ3v) is 3.08. The van der Waals surface area contributed by atoms with E-state index >= 15 is 0 Å². The van der Waals surface area contributed by atoms with Crippen molar-refractivity contribution in [1.82, 2.24) is 5.43 Å². The van der Waals surface area contributed by atoms with E-state index in [0.717, 1.165) is 0 Å². The van der Waals surface area contributed by atoms with Gasteiger partial charge in [0.15, 0.2) is 0 Å². The molecule has 0 aromatic heterocycles. The number of hydrogen-bond acceptors (Lipinski definition) is 3. The maximum Gasteiger partial charge on any atom is 0.275 e. The molecule has 2 aromatic rings. The summed E-state index contributed by atoms with van der Waals surface area (Å²) >= 11 is 3.06. The molecule has 1 amide bonds. The Labute approximate surface area is 123 Å². The Balaban J connectivity index is 2.05. The fourth-order valence-corrected chi connectivity index (χ4v) is 1.88. The molecule has 0 aliphatic heterocycles. The molecule has 0 fully saturated rings. The first kappa shape index (κ1) is 14.2. The Bertz CT molecular complexity index is 674. The lowest BCUT2D eigenvalue weighted by atomic mass is 10.2. The van der Waals surface area contributed by atoms with Crippen LogP contribution in [0.2, 0.25) is 0 Å². The number of rotatable bonds is 3. The molecule has 20 heavy (non-hydrogen) atoms. The van der Waals surface area contributed by atoms with Crippen LogP contribution in [0.25, 0.3) is 0 Å². The number of phenols is 1. The van der Waals surface area contributed by atoms with E-state index in [0.29, 0.717) is 10.0 Å². The van der Waals surface area contributed by atoms with Crippen LogP contribution in [-0.2, 0) is 0 Å². The predicted octanol–water partition coefficient (Wildman–Crippen LogP) is 3.06. The second-order valence-electron chi connectivity index (χ2n) is 3.89. The molecule has 2 N–H and O–H groups in total. The quantitative estimate of drug-likeness (QED) is 0.668. The van der Waals surface area contributed by atoms with Gasteiger partial charge in [0.05, 0.1) is 16.3 Å². The van der Waals surface area contributed by atoms with Crippen molar-refractivity contribution in [3.63, 3.8) is 0 Å². The standard InChI is InChI=1S/C14H10BrFN2O2/c15-11-7-9(5-6-12(11)16)8-17-18-14(20)10-3-1-2-4-13(10)19/h1-8,19H,(H,18,20). The maximum atomic E-state index is 13.0. The van der Waals surface area contributed by atoms with Gasteiger partial charge in [-0.1, -0.05) is 18.2 Å². The van der Waals surface area contributed by atoms with Gasteiger partial charge in [0, 0.05) is 0 Å². The number of amides is 1. The molecule has 0 heterocycles. The zero-order valence-corrected chi connectivity index (χ0v) is 11.8. The highest BCUT2D eigenvalue weighted by atomic mass is 79.9. The second-order valence-corrected chi connectivity index (χ2v) is 4.74. The van der Waals surface area contributed by atoms with Crippen molar-refractivity contribution < 1.29 is 14.3 Å². The summed E-state index contributed by atoms with van der Waals surface area (Å²) in [5.41, 5.74) is 3.03. The minimum Gasteiger partial charge on any atom is -0.507 e. The van der Waals surface area contributed by atoms with Gasteiger partial charge < -0.3 is 5.11 Å². The number of carbonyl (C=O) groups excluding carboxylic acids is 1. The lowest BCUT2D eigenvalue weighted by molar-refractivity contribution is 0.0952. The molecule has 0 aliphatic rings. The number of hydrazone groups is 1. The number of benzene rings is 2. The first-order chi connectivity index (χ1) is 9.58. The van der Waals surface area contributed by atoms with Crippen molar-refractivity contribution in [2.24, 2.45) is 5.10 Å². The number of phenolic OH excluding ortho intramolecular Hbond substituents is 1. The molecular formula is C14H10BrFN2O2. The molecular weight excluding hydrogens is 327 g/mol. The van der Waals surface area contributed by atoms with Crippen molar-refractivity contribution in [1.29, 1.82) is 0 Å². The van der Waals surface area contributed by atoms with Crippen LogP contribution in [0.1, 0.15) is 15.9 Å². The topological polar surface area (TPSA) is 61.7 Å².